The maximum atomic E-state index is 14.8. The quantitative estimate of drug-likeness (QED) is 0.189. The van der Waals surface area contributed by atoms with Crippen LogP contribution in [0.2, 0.25) is 0 Å². The Bertz CT molecular complexity index is 2320. The van der Waals surface area contributed by atoms with Crippen LogP contribution in [-0.2, 0) is 36.8 Å². The van der Waals surface area contributed by atoms with Crippen LogP contribution in [0.4, 0.5) is 29.7 Å². The van der Waals surface area contributed by atoms with Gasteiger partial charge < -0.3 is 43.5 Å². The van der Waals surface area contributed by atoms with Crippen LogP contribution in [0.25, 0.3) is 0 Å². The first-order chi connectivity index (χ1) is 32.4. The van der Waals surface area contributed by atoms with Gasteiger partial charge in [-0.25, -0.2) is 28.0 Å². The van der Waals surface area contributed by atoms with Crippen LogP contribution < -0.4 is 24.6 Å². The fourth-order valence-corrected chi connectivity index (χ4v) is 7.34. The lowest BCUT2D eigenvalue weighted by Crippen LogP contribution is -2.59. The van der Waals surface area contributed by atoms with E-state index in [2.05, 4.69) is 24.4 Å². The minimum Gasteiger partial charge on any atom is -0.497 e. The first kappa shape index (κ1) is 52.6. The molecule has 0 spiro atoms. The lowest BCUT2D eigenvalue weighted by molar-refractivity contribution is -0.140. The van der Waals surface area contributed by atoms with E-state index in [1.807, 2.05) is 0 Å². The predicted molar refractivity (Wildman–Crippen MR) is 250 cm³/mol. The molecule has 366 valence electrons. The highest BCUT2D eigenvalue weighted by Gasteiger charge is 2.33. The largest absolute Gasteiger partial charge is 0.497 e. The van der Waals surface area contributed by atoms with E-state index in [9.17, 15) is 32.8 Å². The summed E-state index contributed by atoms with van der Waals surface area (Å²) in [6, 6.07) is 22.4. The van der Waals surface area contributed by atoms with Crippen LogP contribution in [0.5, 0.6) is 11.5 Å². The number of piperazine rings is 2. The Kier molecular flexibility index (Phi) is 19.9. The van der Waals surface area contributed by atoms with Crippen molar-refractivity contribution in [3.05, 3.63) is 119 Å². The summed E-state index contributed by atoms with van der Waals surface area (Å²) in [7, 11) is 5.63. The lowest BCUT2D eigenvalue weighted by atomic mass is 10.1. The van der Waals surface area contributed by atoms with Gasteiger partial charge in [0.05, 0.1) is 71.9 Å². The van der Waals surface area contributed by atoms with Crippen molar-refractivity contribution in [3.8, 4) is 11.5 Å². The Morgan fingerprint density at radius 2 is 1.03 bits per heavy atom. The molecule has 0 aromatic heterocycles. The zero-order chi connectivity index (χ0) is 47.9. The van der Waals surface area contributed by atoms with Crippen molar-refractivity contribution in [2.24, 2.45) is 0 Å². The van der Waals surface area contributed by atoms with Crippen molar-refractivity contribution in [3.63, 3.8) is 0 Å². The molecular formula is C48H57ClF2N6O11. The third-order valence-corrected chi connectivity index (χ3v) is 11.5. The molecule has 0 aliphatic carbocycles. The highest BCUT2D eigenvalue weighted by Crippen LogP contribution is 2.27. The SMILES string of the molecule is COC(=O)c1ccc(CN(C(=O)N2CCN(C3COC3)CC2)c2ccc(OC)cc2)c(F)c1.COC(=O)c1ccc(CN(C(=O)N2CCNCC2)c2ccc(OC)cc2)c(F)c1.Cl.O=C1COC1. The lowest BCUT2D eigenvalue weighted by Gasteiger charge is -2.43. The van der Waals surface area contributed by atoms with Gasteiger partial charge in [0, 0.05) is 74.9 Å². The minimum absolute atomic E-state index is 0. The number of esters is 2. The highest BCUT2D eigenvalue weighted by atomic mass is 35.5. The molecule has 0 saturated carbocycles. The maximum Gasteiger partial charge on any atom is 0.337 e. The average Bonchev–Trinajstić information content (AvgIpc) is 3.34. The van der Waals surface area contributed by atoms with Gasteiger partial charge in [-0.3, -0.25) is 19.5 Å². The van der Waals surface area contributed by atoms with Gasteiger partial charge in [-0.1, -0.05) is 12.1 Å². The van der Waals surface area contributed by atoms with E-state index in [1.165, 1.54) is 43.4 Å². The van der Waals surface area contributed by atoms with E-state index in [4.69, 9.17) is 14.2 Å². The Balaban J connectivity index is 0.000000228. The molecule has 17 nitrogen and oxygen atoms in total. The van der Waals surface area contributed by atoms with Crippen LogP contribution in [-0.4, -0.2) is 158 Å². The van der Waals surface area contributed by atoms with Gasteiger partial charge in [-0.2, -0.15) is 0 Å². The zero-order valence-corrected chi connectivity index (χ0v) is 39.3. The van der Waals surface area contributed by atoms with E-state index in [0.717, 1.165) is 38.4 Å². The molecule has 0 radical (unpaired) electrons. The number of amides is 4. The molecule has 4 heterocycles. The summed E-state index contributed by atoms with van der Waals surface area (Å²) in [5.74, 6) is -0.825. The molecule has 4 aliphatic heterocycles. The van der Waals surface area contributed by atoms with Crippen LogP contribution in [0.1, 0.15) is 31.8 Å². The van der Waals surface area contributed by atoms with Crippen molar-refractivity contribution >= 4 is 53.6 Å². The number of carbonyl (C=O) groups excluding carboxylic acids is 5. The number of rotatable bonds is 11. The van der Waals surface area contributed by atoms with Crippen LogP contribution >= 0.6 is 12.4 Å². The molecule has 1 N–H and O–H groups in total. The number of nitrogens with one attached hydrogen (secondary N) is 1. The number of urea groups is 2. The molecule has 4 saturated heterocycles. The number of methoxy groups -OCH3 is 4. The summed E-state index contributed by atoms with van der Waals surface area (Å²) in [5.41, 5.74) is 2.11. The number of carbonyl (C=O) groups is 5. The van der Waals surface area contributed by atoms with Gasteiger partial charge in [0.25, 0.3) is 0 Å². The Labute approximate surface area is 400 Å². The van der Waals surface area contributed by atoms with Gasteiger partial charge in [0.2, 0.25) is 0 Å². The van der Waals surface area contributed by atoms with Gasteiger partial charge in [0.15, 0.2) is 5.78 Å². The van der Waals surface area contributed by atoms with Crippen LogP contribution in [0, 0.1) is 11.6 Å². The summed E-state index contributed by atoms with van der Waals surface area (Å²) in [5, 5.41) is 3.21. The first-order valence-electron chi connectivity index (χ1n) is 21.7. The number of Topliss-reactive ketones (excluding diaryl/α,β-unsaturated/α-hetero) is 1. The topological polar surface area (TPSA) is 169 Å². The number of ketones is 1. The third-order valence-electron chi connectivity index (χ3n) is 11.5. The second-order valence-corrected chi connectivity index (χ2v) is 15.7. The van der Waals surface area contributed by atoms with E-state index in [1.54, 1.807) is 77.5 Å². The molecule has 68 heavy (non-hydrogen) atoms. The van der Waals surface area contributed by atoms with E-state index < -0.39 is 23.6 Å². The summed E-state index contributed by atoms with van der Waals surface area (Å²) < 4.78 is 59.0. The summed E-state index contributed by atoms with van der Waals surface area (Å²) in [6.45, 7) is 7.55. The number of nitrogens with zero attached hydrogens (tertiary/aromatic N) is 5. The molecule has 20 heteroatoms. The molecule has 0 bridgehead atoms. The van der Waals surface area contributed by atoms with Crippen molar-refractivity contribution in [1.82, 2.24) is 20.0 Å². The fourth-order valence-electron chi connectivity index (χ4n) is 7.34. The fraction of sp³-hybridized carbons (Fsp3) is 0.396. The number of benzene rings is 4. The van der Waals surface area contributed by atoms with Gasteiger partial charge in [0.1, 0.15) is 36.3 Å². The van der Waals surface area contributed by atoms with E-state index >= 15 is 0 Å². The number of ether oxygens (including phenoxy) is 6. The van der Waals surface area contributed by atoms with Gasteiger partial charge in [-0.15, -0.1) is 12.4 Å². The number of anilines is 2. The highest BCUT2D eigenvalue weighted by molar-refractivity contribution is 5.94. The summed E-state index contributed by atoms with van der Waals surface area (Å²) in [6.07, 6.45) is 0. The minimum atomic E-state index is -0.613. The Morgan fingerprint density at radius 3 is 1.35 bits per heavy atom. The van der Waals surface area contributed by atoms with Gasteiger partial charge in [-0.05, 0) is 72.8 Å². The Hall–Kier alpha value is -6.38. The number of hydrogen-bond donors (Lipinski definition) is 1. The molecule has 4 amide bonds. The smallest absolute Gasteiger partial charge is 0.337 e. The van der Waals surface area contributed by atoms with Crippen molar-refractivity contribution in [1.29, 1.82) is 0 Å². The van der Waals surface area contributed by atoms with Crippen LogP contribution in [0.3, 0.4) is 0 Å². The molecule has 8 rings (SSSR count). The summed E-state index contributed by atoms with van der Waals surface area (Å²) in [4.78, 5) is 68.8. The maximum absolute atomic E-state index is 14.8. The summed E-state index contributed by atoms with van der Waals surface area (Å²) >= 11 is 0. The Morgan fingerprint density at radius 1 is 0.618 bits per heavy atom. The standard InChI is InChI=1S/C24H28FN3O5.C21H24FN3O4.C3H4O2.ClH/c1-31-21-7-5-19(6-8-21)28(14-18-4-3-17(13-22(18)25)23(29)32-2)24(30)27-11-9-26(10-12-27)20-15-33-16-20;1-28-18-7-5-17(6-8-18)25(21(27)24-11-9-23-10-12-24)14-16-4-3-15(13-19(16)22)20(26)29-2;4-3-1-5-2-3;/h3-8,13,20H,9-12,14-16H2,1-2H3;3-8,13,23H,9-12,14H2,1-2H3;1-2H2;1H. The predicted octanol–water partition coefficient (Wildman–Crippen LogP) is 5.42. The van der Waals surface area contributed by atoms with E-state index in [-0.39, 0.29) is 54.5 Å². The molecule has 0 unspecified atom stereocenters. The zero-order valence-electron chi connectivity index (χ0n) is 38.5. The number of hydrogen-bond acceptors (Lipinski definition) is 13. The normalized spacial score (nSPS) is 15.6. The van der Waals surface area contributed by atoms with Crippen molar-refractivity contribution < 1.29 is 61.2 Å². The second-order valence-electron chi connectivity index (χ2n) is 15.7. The van der Waals surface area contributed by atoms with Crippen molar-refractivity contribution in [2.45, 2.75) is 19.1 Å². The number of halogens is 3. The molecule has 4 aromatic carbocycles. The van der Waals surface area contributed by atoms with Crippen LogP contribution in [0.15, 0.2) is 84.9 Å². The molecule has 4 fully saturated rings. The monoisotopic (exact) mass is 966 g/mol. The molecule has 0 atom stereocenters. The molecule has 4 aliphatic rings. The van der Waals surface area contributed by atoms with E-state index in [0.29, 0.717) is 92.5 Å². The average molecular weight is 967 g/mol. The van der Waals surface area contributed by atoms with Gasteiger partial charge >= 0.3 is 24.0 Å². The second kappa shape index (κ2) is 25.7. The molecule has 4 aromatic rings. The van der Waals surface area contributed by atoms with Crippen molar-refractivity contribution in [2.75, 3.05) is 117 Å². The third kappa shape index (κ3) is 13.9. The molecular weight excluding hydrogens is 910 g/mol. The first-order valence-corrected chi connectivity index (χ1v) is 21.7.